The largest absolute Gasteiger partial charge is 0.377 e. The lowest BCUT2D eigenvalue weighted by molar-refractivity contribution is -0.00871. The van der Waals surface area contributed by atoms with Gasteiger partial charge in [0, 0.05) is 26.7 Å². The minimum absolute atomic E-state index is 0. The third-order valence-electron chi connectivity index (χ3n) is 4.97. The summed E-state index contributed by atoms with van der Waals surface area (Å²) in [5.41, 5.74) is 2.53. The van der Waals surface area contributed by atoms with Gasteiger partial charge in [-0.1, -0.05) is 24.3 Å². The topological polar surface area (TPSA) is 55.3 Å². The molecule has 2 aliphatic heterocycles. The summed E-state index contributed by atoms with van der Waals surface area (Å²) in [4.78, 5) is 6.70. The number of nitrogens with zero attached hydrogens (tertiary/aromatic N) is 2. The first-order valence-corrected chi connectivity index (χ1v) is 9.60. The first kappa shape index (κ1) is 22.4. The van der Waals surface area contributed by atoms with Gasteiger partial charge in [-0.2, -0.15) is 0 Å². The van der Waals surface area contributed by atoms with E-state index < -0.39 is 0 Å². The molecule has 2 aliphatic rings. The van der Waals surface area contributed by atoms with Crippen LogP contribution in [-0.2, 0) is 14.2 Å². The van der Waals surface area contributed by atoms with Gasteiger partial charge in [0.15, 0.2) is 5.96 Å². The molecular formula is C20H32IN3O3. The van der Waals surface area contributed by atoms with E-state index in [-0.39, 0.29) is 36.2 Å². The van der Waals surface area contributed by atoms with Crippen LogP contribution in [0.25, 0.3) is 0 Å². The van der Waals surface area contributed by atoms with Gasteiger partial charge in [-0.25, -0.2) is 0 Å². The lowest BCUT2D eigenvalue weighted by atomic mass is 10.0. The molecule has 0 spiro atoms. The summed E-state index contributed by atoms with van der Waals surface area (Å²) in [5.74, 6) is 0.910. The maximum atomic E-state index is 6.01. The molecule has 6 nitrogen and oxygen atoms in total. The summed E-state index contributed by atoms with van der Waals surface area (Å²) in [6.45, 7) is 7.45. The van der Waals surface area contributed by atoms with Gasteiger partial charge < -0.3 is 24.4 Å². The molecule has 0 aromatic heterocycles. The number of aryl methyl sites for hydroxylation is 1. The van der Waals surface area contributed by atoms with E-state index in [0.717, 1.165) is 45.0 Å². The van der Waals surface area contributed by atoms with Crippen molar-refractivity contribution in [1.82, 2.24) is 10.2 Å². The first-order chi connectivity index (χ1) is 12.8. The van der Waals surface area contributed by atoms with Crippen LogP contribution in [0.15, 0.2) is 29.3 Å². The molecule has 2 unspecified atom stereocenters. The van der Waals surface area contributed by atoms with Gasteiger partial charge in [0.25, 0.3) is 0 Å². The zero-order valence-electron chi connectivity index (χ0n) is 16.4. The Hall–Kier alpha value is -0.900. The van der Waals surface area contributed by atoms with Crippen molar-refractivity contribution in [2.24, 2.45) is 4.99 Å². The molecule has 0 aliphatic carbocycles. The third kappa shape index (κ3) is 6.58. The van der Waals surface area contributed by atoms with Gasteiger partial charge in [-0.3, -0.25) is 4.99 Å². The van der Waals surface area contributed by atoms with Crippen molar-refractivity contribution in [3.63, 3.8) is 0 Å². The van der Waals surface area contributed by atoms with Gasteiger partial charge in [0.05, 0.1) is 32.5 Å². The smallest absolute Gasteiger partial charge is 0.193 e. The van der Waals surface area contributed by atoms with E-state index >= 15 is 0 Å². The van der Waals surface area contributed by atoms with Crippen molar-refractivity contribution in [1.29, 1.82) is 0 Å². The van der Waals surface area contributed by atoms with Crippen molar-refractivity contribution in [2.45, 2.75) is 32.0 Å². The van der Waals surface area contributed by atoms with Gasteiger partial charge in [0.1, 0.15) is 6.10 Å². The predicted molar refractivity (Wildman–Crippen MR) is 118 cm³/mol. The van der Waals surface area contributed by atoms with Crippen molar-refractivity contribution < 1.29 is 14.2 Å². The summed E-state index contributed by atoms with van der Waals surface area (Å²) in [5, 5.41) is 3.41. The van der Waals surface area contributed by atoms with Crippen LogP contribution in [0.3, 0.4) is 0 Å². The van der Waals surface area contributed by atoms with Crippen LogP contribution in [0.2, 0.25) is 0 Å². The van der Waals surface area contributed by atoms with E-state index in [1.165, 1.54) is 11.1 Å². The second-order valence-electron chi connectivity index (χ2n) is 6.85. The Balaban J connectivity index is 0.00000261. The van der Waals surface area contributed by atoms with Gasteiger partial charge in [0.2, 0.25) is 0 Å². The van der Waals surface area contributed by atoms with E-state index in [4.69, 9.17) is 14.2 Å². The highest BCUT2D eigenvalue weighted by atomic mass is 127. The van der Waals surface area contributed by atoms with E-state index in [9.17, 15) is 0 Å². The number of hydrogen-bond acceptors (Lipinski definition) is 4. The number of guanidine groups is 1. The van der Waals surface area contributed by atoms with Crippen LogP contribution in [0, 0.1) is 6.92 Å². The van der Waals surface area contributed by atoms with Gasteiger partial charge in [-0.15, -0.1) is 24.0 Å². The zero-order chi connectivity index (χ0) is 18.2. The minimum atomic E-state index is 0. The number of hydrogen-bond donors (Lipinski definition) is 1. The molecule has 2 heterocycles. The molecule has 1 N–H and O–H groups in total. The average molecular weight is 489 g/mol. The van der Waals surface area contributed by atoms with E-state index in [1.54, 1.807) is 0 Å². The Morgan fingerprint density at radius 2 is 2.15 bits per heavy atom. The molecule has 0 amide bonds. The number of benzene rings is 1. The normalized spacial score (nSPS) is 23.2. The average Bonchev–Trinajstić information content (AvgIpc) is 3.19. The van der Waals surface area contributed by atoms with Crippen LogP contribution in [0.5, 0.6) is 0 Å². The maximum Gasteiger partial charge on any atom is 0.193 e. The summed E-state index contributed by atoms with van der Waals surface area (Å²) in [6.07, 6.45) is 2.63. The number of morpholine rings is 1. The SMILES string of the molecule is CN=C(NCCOCC1CCCO1)N1CCOC(c2ccccc2C)C1.I. The molecule has 0 saturated carbocycles. The number of rotatable bonds is 6. The van der Waals surface area contributed by atoms with Gasteiger partial charge >= 0.3 is 0 Å². The lowest BCUT2D eigenvalue weighted by Gasteiger charge is -2.35. The van der Waals surface area contributed by atoms with Crippen LogP contribution >= 0.6 is 24.0 Å². The van der Waals surface area contributed by atoms with Crippen molar-refractivity contribution in [3.05, 3.63) is 35.4 Å². The molecular weight excluding hydrogens is 457 g/mol. The van der Waals surface area contributed by atoms with Crippen molar-refractivity contribution in [2.75, 3.05) is 53.1 Å². The molecule has 0 radical (unpaired) electrons. The summed E-state index contributed by atoms with van der Waals surface area (Å²) in [7, 11) is 1.83. The number of nitrogens with one attached hydrogen (secondary N) is 1. The third-order valence-corrected chi connectivity index (χ3v) is 4.97. The molecule has 7 heteroatoms. The fraction of sp³-hybridized carbons (Fsp3) is 0.650. The molecule has 152 valence electrons. The van der Waals surface area contributed by atoms with E-state index in [0.29, 0.717) is 19.8 Å². The molecule has 27 heavy (non-hydrogen) atoms. The second kappa shape index (κ2) is 11.8. The summed E-state index contributed by atoms with van der Waals surface area (Å²) in [6, 6.07) is 8.42. The highest BCUT2D eigenvalue weighted by Crippen LogP contribution is 2.24. The Labute approximate surface area is 179 Å². The maximum absolute atomic E-state index is 6.01. The van der Waals surface area contributed by atoms with Crippen LogP contribution < -0.4 is 5.32 Å². The lowest BCUT2D eigenvalue weighted by Crippen LogP contribution is -2.48. The first-order valence-electron chi connectivity index (χ1n) is 9.60. The summed E-state index contributed by atoms with van der Waals surface area (Å²) < 4.78 is 17.3. The number of halogens is 1. The second-order valence-corrected chi connectivity index (χ2v) is 6.85. The van der Waals surface area contributed by atoms with Crippen LogP contribution in [0.1, 0.15) is 30.1 Å². The quantitative estimate of drug-likeness (QED) is 0.288. The fourth-order valence-electron chi connectivity index (χ4n) is 3.54. The highest BCUT2D eigenvalue weighted by molar-refractivity contribution is 14.0. The Kier molecular flexibility index (Phi) is 9.81. The van der Waals surface area contributed by atoms with E-state index in [2.05, 4.69) is 46.4 Å². The monoisotopic (exact) mass is 489 g/mol. The Morgan fingerprint density at radius 3 is 2.89 bits per heavy atom. The molecule has 1 aromatic rings. The standard InChI is InChI=1S/C20H31N3O3.HI/c1-16-6-3-4-8-18(16)19-14-23(10-13-26-19)20(21-2)22-9-12-24-15-17-7-5-11-25-17;/h3-4,6,8,17,19H,5,7,9-15H2,1-2H3,(H,21,22);1H. The summed E-state index contributed by atoms with van der Waals surface area (Å²) >= 11 is 0. The van der Waals surface area contributed by atoms with Crippen molar-refractivity contribution in [3.8, 4) is 0 Å². The predicted octanol–water partition coefficient (Wildman–Crippen LogP) is 2.76. The van der Waals surface area contributed by atoms with E-state index in [1.807, 2.05) is 7.05 Å². The molecule has 0 bridgehead atoms. The fourth-order valence-corrected chi connectivity index (χ4v) is 3.54. The number of aliphatic imine (C=N–C) groups is 1. The zero-order valence-corrected chi connectivity index (χ0v) is 18.7. The van der Waals surface area contributed by atoms with Gasteiger partial charge in [-0.05, 0) is 30.9 Å². The molecule has 2 saturated heterocycles. The highest BCUT2D eigenvalue weighted by Gasteiger charge is 2.25. The van der Waals surface area contributed by atoms with Crippen LogP contribution in [0.4, 0.5) is 0 Å². The molecule has 2 fully saturated rings. The molecule has 1 aromatic carbocycles. The van der Waals surface area contributed by atoms with Crippen LogP contribution in [-0.4, -0.2) is 70.1 Å². The van der Waals surface area contributed by atoms with Crippen molar-refractivity contribution >= 4 is 29.9 Å². The Morgan fingerprint density at radius 1 is 1.30 bits per heavy atom. The molecule has 3 rings (SSSR count). The number of ether oxygens (including phenoxy) is 3. The Bertz CT molecular complexity index is 594. The molecule has 2 atom stereocenters. The minimum Gasteiger partial charge on any atom is -0.377 e.